The van der Waals surface area contributed by atoms with E-state index in [-0.39, 0.29) is 12.0 Å². The van der Waals surface area contributed by atoms with Crippen molar-refractivity contribution in [3.63, 3.8) is 0 Å². The van der Waals surface area contributed by atoms with Gasteiger partial charge in [-0.25, -0.2) is 9.48 Å². The van der Waals surface area contributed by atoms with Gasteiger partial charge in [0.2, 0.25) is 0 Å². The van der Waals surface area contributed by atoms with E-state index in [1.165, 1.54) is 22.3 Å². The molecule has 1 N–H and O–H groups in total. The summed E-state index contributed by atoms with van der Waals surface area (Å²) in [5, 5.41) is 18.5. The molecule has 0 saturated carbocycles. The first-order chi connectivity index (χ1) is 14.6. The number of benzene rings is 2. The second kappa shape index (κ2) is 7.57. The number of nitrogens with zero attached hydrogens (tertiary/aromatic N) is 4. The molecule has 1 saturated heterocycles. The average Bonchev–Trinajstić information content (AvgIpc) is 3.38. The van der Waals surface area contributed by atoms with Crippen molar-refractivity contribution in [2.24, 2.45) is 0 Å². The van der Waals surface area contributed by atoms with Gasteiger partial charge in [-0.2, -0.15) is 0 Å². The lowest BCUT2D eigenvalue weighted by atomic mass is 9.91. The predicted octanol–water partition coefficient (Wildman–Crippen LogP) is 3.05. The number of hydrogen-bond acceptors (Lipinski definition) is 5. The molecule has 1 aromatic heterocycles. The average molecular weight is 404 g/mol. The monoisotopic (exact) mass is 404 g/mol. The number of piperidine rings is 1. The number of amides is 1. The molecule has 1 fully saturated rings. The number of hydrogen-bond donors (Lipinski definition) is 1. The van der Waals surface area contributed by atoms with Gasteiger partial charge in [-0.3, -0.25) is 0 Å². The summed E-state index contributed by atoms with van der Waals surface area (Å²) >= 11 is 0. The lowest BCUT2D eigenvalue weighted by molar-refractivity contribution is -0.0352. The largest absolute Gasteiger partial charge is 0.448 e. The Labute approximate surface area is 174 Å². The molecule has 0 radical (unpaired) electrons. The van der Waals surface area contributed by atoms with Crippen molar-refractivity contribution < 1.29 is 14.6 Å². The number of aliphatic hydroxyl groups is 1. The summed E-state index contributed by atoms with van der Waals surface area (Å²) in [6, 6.07) is 16.6. The molecule has 2 aromatic carbocycles. The fourth-order valence-corrected chi connectivity index (χ4v) is 4.57. The number of likely N-dealkylation sites (tertiary alicyclic amines) is 1. The van der Waals surface area contributed by atoms with Crippen LogP contribution in [0.4, 0.5) is 4.79 Å². The van der Waals surface area contributed by atoms with Gasteiger partial charge in [-0.15, -0.1) is 5.10 Å². The van der Waals surface area contributed by atoms with E-state index in [0.717, 1.165) is 0 Å². The first-order valence-electron chi connectivity index (χ1n) is 10.3. The van der Waals surface area contributed by atoms with Crippen LogP contribution in [-0.4, -0.2) is 56.4 Å². The quantitative estimate of drug-likeness (QED) is 0.723. The van der Waals surface area contributed by atoms with E-state index in [1.54, 1.807) is 22.0 Å². The third-order valence-electron chi connectivity index (χ3n) is 6.22. The first kappa shape index (κ1) is 18.8. The topological polar surface area (TPSA) is 80.5 Å². The SMILES string of the molecule is O=C(OCC1c2ccccc2-c2ccccc21)N1CCC(O)(Cn2ccnn2)CC1. The minimum Gasteiger partial charge on any atom is -0.448 e. The van der Waals surface area contributed by atoms with Crippen molar-refractivity contribution in [2.45, 2.75) is 30.9 Å². The summed E-state index contributed by atoms with van der Waals surface area (Å²) < 4.78 is 7.36. The summed E-state index contributed by atoms with van der Waals surface area (Å²) in [5.41, 5.74) is 3.95. The summed E-state index contributed by atoms with van der Waals surface area (Å²) in [4.78, 5) is 14.4. The Morgan fingerprint density at radius 2 is 1.70 bits per heavy atom. The van der Waals surface area contributed by atoms with Crippen molar-refractivity contribution in [2.75, 3.05) is 19.7 Å². The van der Waals surface area contributed by atoms with Crippen LogP contribution in [0.2, 0.25) is 0 Å². The van der Waals surface area contributed by atoms with Gasteiger partial charge in [-0.1, -0.05) is 53.7 Å². The number of carbonyl (C=O) groups excluding carboxylic acids is 1. The molecule has 30 heavy (non-hydrogen) atoms. The van der Waals surface area contributed by atoms with Crippen LogP contribution < -0.4 is 0 Å². The second-order valence-corrected chi connectivity index (χ2v) is 8.12. The van der Waals surface area contributed by atoms with Crippen LogP contribution in [0.1, 0.15) is 29.9 Å². The fourth-order valence-electron chi connectivity index (χ4n) is 4.57. The summed E-state index contributed by atoms with van der Waals surface area (Å²) in [6.45, 7) is 1.61. The molecule has 5 rings (SSSR count). The molecule has 1 aliphatic carbocycles. The third kappa shape index (κ3) is 3.45. The zero-order valence-corrected chi connectivity index (χ0v) is 16.6. The van der Waals surface area contributed by atoms with Crippen LogP contribution in [0.5, 0.6) is 0 Å². The van der Waals surface area contributed by atoms with Crippen LogP contribution >= 0.6 is 0 Å². The summed E-state index contributed by atoms with van der Waals surface area (Å²) in [5.74, 6) is 0.0513. The maximum absolute atomic E-state index is 12.7. The van der Waals surface area contributed by atoms with E-state index >= 15 is 0 Å². The Balaban J connectivity index is 1.21. The maximum Gasteiger partial charge on any atom is 0.409 e. The van der Waals surface area contributed by atoms with Crippen molar-refractivity contribution in [3.05, 3.63) is 72.1 Å². The highest BCUT2D eigenvalue weighted by molar-refractivity contribution is 5.79. The maximum atomic E-state index is 12.7. The number of carbonyl (C=O) groups is 1. The Kier molecular flexibility index (Phi) is 4.75. The van der Waals surface area contributed by atoms with Crippen LogP contribution in [0.3, 0.4) is 0 Å². The molecular weight excluding hydrogens is 380 g/mol. The van der Waals surface area contributed by atoms with Gasteiger partial charge in [0.15, 0.2) is 0 Å². The first-order valence-corrected chi connectivity index (χ1v) is 10.3. The van der Waals surface area contributed by atoms with Gasteiger partial charge < -0.3 is 14.7 Å². The molecule has 0 bridgehead atoms. The lowest BCUT2D eigenvalue weighted by Crippen LogP contribution is -2.49. The van der Waals surface area contributed by atoms with Crippen molar-refractivity contribution in [1.82, 2.24) is 19.9 Å². The normalized spacial score (nSPS) is 17.4. The lowest BCUT2D eigenvalue weighted by Gasteiger charge is -2.37. The smallest absolute Gasteiger partial charge is 0.409 e. The van der Waals surface area contributed by atoms with Crippen molar-refractivity contribution in [3.8, 4) is 11.1 Å². The third-order valence-corrected chi connectivity index (χ3v) is 6.22. The molecule has 2 heterocycles. The Morgan fingerprint density at radius 3 is 2.30 bits per heavy atom. The second-order valence-electron chi connectivity index (χ2n) is 8.12. The van der Waals surface area contributed by atoms with E-state index in [1.807, 2.05) is 24.3 Å². The van der Waals surface area contributed by atoms with E-state index in [0.29, 0.717) is 39.1 Å². The molecule has 1 aliphatic heterocycles. The van der Waals surface area contributed by atoms with Gasteiger partial charge in [0, 0.05) is 25.2 Å². The van der Waals surface area contributed by atoms with Crippen LogP contribution in [-0.2, 0) is 11.3 Å². The molecule has 0 atom stereocenters. The predicted molar refractivity (Wildman–Crippen MR) is 111 cm³/mol. The standard InChI is InChI=1S/C23H24N4O3/c28-22(26-12-9-23(29,10-13-26)16-27-14-11-24-25-27)30-15-21-19-7-3-1-5-17(19)18-6-2-4-8-20(18)21/h1-8,11,14,21,29H,9-10,12-13,15-16H2. The molecular formula is C23H24N4O3. The van der Waals surface area contributed by atoms with Gasteiger partial charge in [0.05, 0.1) is 18.3 Å². The molecule has 7 heteroatoms. The number of ether oxygens (including phenoxy) is 1. The van der Waals surface area contributed by atoms with E-state index in [2.05, 4.69) is 34.6 Å². The van der Waals surface area contributed by atoms with Crippen molar-refractivity contribution >= 4 is 6.09 Å². The molecule has 1 amide bonds. The van der Waals surface area contributed by atoms with Crippen LogP contribution in [0, 0.1) is 0 Å². The number of fused-ring (bicyclic) bond motifs is 3. The van der Waals surface area contributed by atoms with E-state index in [9.17, 15) is 9.90 Å². The Hall–Kier alpha value is -3.19. The molecule has 3 aromatic rings. The minimum absolute atomic E-state index is 0.0513. The molecule has 154 valence electrons. The summed E-state index contributed by atoms with van der Waals surface area (Å²) in [6.07, 6.45) is 3.97. The molecule has 0 unspecified atom stereocenters. The van der Waals surface area contributed by atoms with E-state index < -0.39 is 5.60 Å². The van der Waals surface area contributed by atoms with Gasteiger partial charge >= 0.3 is 6.09 Å². The molecule has 2 aliphatic rings. The fraction of sp³-hybridized carbons (Fsp3) is 0.348. The van der Waals surface area contributed by atoms with Crippen LogP contribution in [0.15, 0.2) is 60.9 Å². The Bertz CT molecular complexity index is 997. The zero-order valence-electron chi connectivity index (χ0n) is 16.6. The summed E-state index contributed by atoms with van der Waals surface area (Å²) in [7, 11) is 0. The van der Waals surface area contributed by atoms with Gasteiger partial charge in [0.1, 0.15) is 6.61 Å². The number of rotatable bonds is 4. The molecule has 7 nitrogen and oxygen atoms in total. The molecule has 0 spiro atoms. The van der Waals surface area contributed by atoms with Crippen molar-refractivity contribution in [1.29, 1.82) is 0 Å². The van der Waals surface area contributed by atoms with Crippen LogP contribution in [0.25, 0.3) is 11.1 Å². The minimum atomic E-state index is -0.881. The van der Waals surface area contributed by atoms with Gasteiger partial charge in [0.25, 0.3) is 0 Å². The van der Waals surface area contributed by atoms with Gasteiger partial charge in [-0.05, 0) is 35.1 Å². The highest BCUT2D eigenvalue weighted by atomic mass is 16.6. The highest BCUT2D eigenvalue weighted by Gasteiger charge is 2.36. The number of aromatic nitrogens is 3. The Morgan fingerprint density at radius 1 is 1.07 bits per heavy atom. The zero-order chi connectivity index (χ0) is 20.6. The van der Waals surface area contributed by atoms with E-state index in [4.69, 9.17) is 4.74 Å². The highest BCUT2D eigenvalue weighted by Crippen LogP contribution is 2.44.